The van der Waals surface area contributed by atoms with Crippen molar-refractivity contribution in [1.29, 1.82) is 0 Å². The highest BCUT2D eigenvalue weighted by Crippen LogP contribution is 2.27. The third-order valence-corrected chi connectivity index (χ3v) is 6.14. The van der Waals surface area contributed by atoms with Gasteiger partial charge in [-0.15, -0.1) is 0 Å². The molecule has 1 N–H and O–H groups in total. The summed E-state index contributed by atoms with van der Waals surface area (Å²) < 4.78 is 7.36. The van der Waals surface area contributed by atoms with Crippen LogP contribution >= 0.6 is 0 Å². The lowest BCUT2D eigenvalue weighted by atomic mass is 10.1. The molecule has 1 aliphatic rings. The Morgan fingerprint density at radius 2 is 1.85 bits per heavy atom. The third kappa shape index (κ3) is 4.42. The number of rotatable bonds is 6. The largest absolute Gasteiger partial charge is 0.379 e. The van der Waals surface area contributed by atoms with Crippen LogP contribution in [-0.4, -0.2) is 63.2 Å². The highest BCUT2D eigenvalue weighted by atomic mass is 16.5. The maximum Gasteiger partial charge on any atom is 0.251 e. The van der Waals surface area contributed by atoms with Crippen molar-refractivity contribution in [2.75, 3.05) is 32.8 Å². The number of benzene rings is 2. The molecule has 1 saturated heterocycles. The van der Waals surface area contributed by atoms with Gasteiger partial charge in [-0.2, -0.15) is 0 Å². The highest BCUT2D eigenvalue weighted by molar-refractivity contribution is 5.95. The molecule has 8 heteroatoms. The van der Waals surface area contributed by atoms with Crippen molar-refractivity contribution in [3.05, 3.63) is 71.8 Å². The lowest BCUT2D eigenvalue weighted by Gasteiger charge is -2.26. The average Bonchev–Trinajstić information content (AvgIpc) is 3.30. The van der Waals surface area contributed by atoms with Gasteiger partial charge < -0.3 is 10.1 Å². The Balaban J connectivity index is 1.46. The smallest absolute Gasteiger partial charge is 0.251 e. The van der Waals surface area contributed by atoms with Gasteiger partial charge in [-0.1, -0.05) is 30.3 Å². The number of fused-ring (bicyclic) bond motifs is 1. The van der Waals surface area contributed by atoms with Crippen molar-refractivity contribution < 1.29 is 9.53 Å². The molecule has 0 saturated carbocycles. The fraction of sp³-hybridized carbons (Fsp3) is 0.308. The van der Waals surface area contributed by atoms with E-state index < -0.39 is 0 Å². The molecule has 1 aliphatic heterocycles. The number of hydrogen-bond donors (Lipinski definition) is 1. The zero-order valence-corrected chi connectivity index (χ0v) is 19.5. The number of ether oxygens (including phenoxy) is 1. The lowest BCUT2D eigenvalue weighted by Crippen LogP contribution is -2.35. The molecule has 0 aliphatic carbocycles. The molecule has 174 valence electrons. The molecule has 2 aromatic heterocycles. The van der Waals surface area contributed by atoms with Crippen LogP contribution in [0.1, 0.15) is 28.4 Å². The first kappa shape index (κ1) is 22.2. The Bertz CT molecular complexity index is 1310. The summed E-state index contributed by atoms with van der Waals surface area (Å²) in [4.78, 5) is 28.5. The maximum atomic E-state index is 12.4. The second-order valence-corrected chi connectivity index (χ2v) is 8.46. The molecule has 4 aromatic rings. The minimum Gasteiger partial charge on any atom is -0.379 e. The number of nitrogens with one attached hydrogen (secondary N) is 1. The monoisotopic (exact) mass is 456 g/mol. The highest BCUT2D eigenvalue weighted by Gasteiger charge is 2.16. The van der Waals surface area contributed by atoms with Gasteiger partial charge in [0.05, 0.1) is 18.9 Å². The van der Waals surface area contributed by atoms with Crippen LogP contribution in [-0.2, 0) is 11.3 Å². The van der Waals surface area contributed by atoms with Gasteiger partial charge in [-0.05, 0) is 37.1 Å². The zero-order valence-electron chi connectivity index (χ0n) is 19.5. The van der Waals surface area contributed by atoms with Crippen molar-refractivity contribution >= 4 is 17.1 Å². The number of nitrogens with zero attached hydrogens (tertiary/aromatic N) is 5. The van der Waals surface area contributed by atoms with Crippen LogP contribution in [0, 0.1) is 6.92 Å². The summed E-state index contributed by atoms with van der Waals surface area (Å²) in [7, 11) is 0. The summed E-state index contributed by atoms with van der Waals surface area (Å²) in [6.45, 7) is 8.94. The summed E-state index contributed by atoms with van der Waals surface area (Å²) in [6.07, 6.45) is 3.32. The van der Waals surface area contributed by atoms with Crippen molar-refractivity contribution in [3.8, 4) is 16.9 Å². The molecular weight excluding hydrogens is 428 g/mol. The van der Waals surface area contributed by atoms with Crippen LogP contribution in [0.2, 0.25) is 0 Å². The fourth-order valence-corrected chi connectivity index (χ4v) is 4.28. The van der Waals surface area contributed by atoms with E-state index in [1.54, 1.807) is 12.7 Å². The predicted octanol–water partition coefficient (Wildman–Crippen LogP) is 3.37. The van der Waals surface area contributed by atoms with Crippen LogP contribution in [0.4, 0.5) is 0 Å². The van der Waals surface area contributed by atoms with E-state index in [-0.39, 0.29) is 5.91 Å². The molecule has 3 heterocycles. The number of aryl methyl sites for hydroxylation is 1. The second-order valence-electron chi connectivity index (χ2n) is 8.46. The Hall–Kier alpha value is -3.62. The summed E-state index contributed by atoms with van der Waals surface area (Å²) in [5, 5.41) is 2.85. The van der Waals surface area contributed by atoms with Gasteiger partial charge in [0.1, 0.15) is 23.9 Å². The van der Waals surface area contributed by atoms with Crippen LogP contribution in [0.15, 0.2) is 55.1 Å². The zero-order chi connectivity index (χ0) is 23.5. The first-order valence-electron chi connectivity index (χ1n) is 11.6. The normalized spacial score (nSPS) is 14.4. The number of aromatic nitrogens is 4. The van der Waals surface area contributed by atoms with Crippen molar-refractivity contribution in [3.63, 3.8) is 0 Å². The van der Waals surface area contributed by atoms with Gasteiger partial charge in [-0.25, -0.2) is 15.0 Å². The van der Waals surface area contributed by atoms with E-state index in [0.29, 0.717) is 17.8 Å². The van der Waals surface area contributed by atoms with Crippen LogP contribution in [0.3, 0.4) is 0 Å². The standard InChI is InChI=1S/C26H28N6O2/c1-3-27-26(33)21-7-4-18(2)22(14-21)32-17-30-24-23(28-16-29-25(24)32)20-8-5-19(6-9-20)15-31-10-12-34-13-11-31/h4-9,14,16-17H,3,10-13,15H2,1-2H3,(H,27,33). The SMILES string of the molecule is CCNC(=O)c1ccc(C)c(-n2cnc3c(-c4ccc(CN5CCOCC5)cc4)ncnc32)c1. The molecule has 0 bridgehead atoms. The second kappa shape index (κ2) is 9.70. The molecule has 1 fully saturated rings. The number of carbonyl (C=O) groups excluding carboxylic acids is 1. The van der Waals surface area contributed by atoms with Crippen LogP contribution < -0.4 is 5.32 Å². The predicted molar refractivity (Wildman–Crippen MR) is 131 cm³/mol. The molecular formula is C26H28N6O2. The maximum absolute atomic E-state index is 12.4. The minimum atomic E-state index is -0.0966. The molecule has 5 rings (SSSR count). The van der Waals surface area contributed by atoms with Gasteiger partial charge in [0.15, 0.2) is 5.65 Å². The molecule has 34 heavy (non-hydrogen) atoms. The Labute approximate surface area is 198 Å². The quantitative estimate of drug-likeness (QED) is 0.479. The van der Waals surface area contributed by atoms with Gasteiger partial charge in [0, 0.05) is 37.3 Å². The first-order valence-corrected chi connectivity index (χ1v) is 11.6. The topological polar surface area (TPSA) is 85.2 Å². The molecule has 0 unspecified atom stereocenters. The Morgan fingerprint density at radius 3 is 2.62 bits per heavy atom. The molecule has 1 amide bonds. The van der Waals surface area contributed by atoms with Gasteiger partial charge in [0.25, 0.3) is 5.91 Å². The van der Waals surface area contributed by atoms with E-state index in [2.05, 4.69) is 49.4 Å². The average molecular weight is 457 g/mol. The van der Waals surface area contributed by atoms with E-state index in [4.69, 9.17) is 4.74 Å². The minimum absolute atomic E-state index is 0.0966. The Kier molecular flexibility index (Phi) is 6.33. The van der Waals surface area contributed by atoms with Gasteiger partial charge in [0.2, 0.25) is 0 Å². The number of imidazole rings is 1. The Morgan fingerprint density at radius 1 is 1.06 bits per heavy atom. The molecule has 2 aromatic carbocycles. The van der Waals surface area contributed by atoms with Gasteiger partial charge >= 0.3 is 0 Å². The summed E-state index contributed by atoms with van der Waals surface area (Å²) >= 11 is 0. The molecule has 0 spiro atoms. The van der Waals surface area contributed by atoms with E-state index in [1.807, 2.05) is 36.6 Å². The number of carbonyl (C=O) groups is 1. The number of morpholine rings is 1. The van der Waals surface area contributed by atoms with E-state index in [1.165, 1.54) is 5.56 Å². The molecule has 0 atom stereocenters. The van der Waals surface area contributed by atoms with Crippen molar-refractivity contribution in [1.82, 2.24) is 29.7 Å². The number of amides is 1. The van der Waals surface area contributed by atoms with Crippen LogP contribution in [0.25, 0.3) is 28.1 Å². The van der Waals surface area contributed by atoms with E-state index in [0.717, 1.165) is 60.9 Å². The van der Waals surface area contributed by atoms with E-state index in [9.17, 15) is 4.79 Å². The fourth-order valence-electron chi connectivity index (χ4n) is 4.28. The van der Waals surface area contributed by atoms with Crippen molar-refractivity contribution in [2.45, 2.75) is 20.4 Å². The van der Waals surface area contributed by atoms with Crippen LogP contribution in [0.5, 0.6) is 0 Å². The molecule has 0 radical (unpaired) electrons. The lowest BCUT2D eigenvalue weighted by molar-refractivity contribution is 0.0342. The summed E-state index contributed by atoms with van der Waals surface area (Å²) in [6, 6.07) is 14.1. The molecule has 8 nitrogen and oxygen atoms in total. The summed E-state index contributed by atoms with van der Waals surface area (Å²) in [5.41, 5.74) is 6.99. The van der Waals surface area contributed by atoms with Crippen molar-refractivity contribution in [2.24, 2.45) is 0 Å². The number of hydrogen-bond acceptors (Lipinski definition) is 6. The third-order valence-electron chi connectivity index (χ3n) is 6.14. The first-order chi connectivity index (χ1) is 16.6. The summed E-state index contributed by atoms with van der Waals surface area (Å²) in [5.74, 6) is -0.0966. The van der Waals surface area contributed by atoms with E-state index >= 15 is 0 Å². The van der Waals surface area contributed by atoms with Gasteiger partial charge in [-0.3, -0.25) is 14.3 Å².